The Kier molecular flexibility index (Phi) is 23.9. The molecular formula is C69H102N6O20. The molecule has 12 aliphatic rings. The van der Waals surface area contributed by atoms with Crippen molar-refractivity contribution in [1.82, 2.24) is 26.2 Å². The third kappa shape index (κ3) is 17.3. The Hall–Kier alpha value is -5.10. The summed E-state index contributed by atoms with van der Waals surface area (Å²) < 4.78 is 72.8. The fourth-order valence-electron chi connectivity index (χ4n) is 16.4. The number of fused-ring (bicyclic) bond motifs is 6. The number of nitrogens with two attached hydrogens (primary N) is 1. The Bertz CT molecular complexity index is 2810. The molecule has 0 radical (unpaired) electrons. The maximum Gasteiger partial charge on any atom is 0.312 e. The molecule has 12 rings (SSSR count). The highest BCUT2D eigenvalue weighted by Gasteiger charge is 2.69. The lowest BCUT2D eigenvalue weighted by Gasteiger charge is -2.47. The molecule has 528 valence electrons. The smallest absolute Gasteiger partial charge is 0.312 e. The standard InChI is InChI=1S/C69H102N6O20/c1-36(2)59(74-56(79)25-40-32-86-34-41(35-87-33-40)49(78)12-8-7-9-22-75-57(80)17-18-58(75)81)67(83)73-48(11-10-21-71-68(70)84)66(82)72-31-43(77)28-54-60(85-6)47-27-42(76)26-45-14-16-51-61(90-45)65-64-63(92-51)62-55(93-64)30-69(94-62,95-65)20-19-46-24-38(4)50(88-46)15-13-44-23-37(3)39(5)52(89-44)29-53(47)91-54/h17-18,36-37,40-41,43-48,50-55,59-65,77H,4-5,7-16,19-35H2,1-3,6H3,(H,72,82)(H,73,83)(H,74,79)(H3,70,71,84)/t37-,40?,41?,43+,44+,45-,46+,47+,48+,50+,51+,52-,53+,54-,55-,59+,60-,61+,62+,63?,64?,65+,69+/m1/s1. The molecule has 0 aromatic rings. The number of aliphatic hydroxyl groups excluding tert-OH is 1. The number of carbonyl (C=O) groups is 8. The first-order chi connectivity index (χ1) is 45.6. The summed E-state index contributed by atoms with van der Waals surface area (Å²) in [6.45, 7) is 15.3. The van der Waals surface area contributed by atoms with Gasteiger partial charge in [-0.05, 0) is 93.6 Å². The van der Waals surface area contributed by atoms with Crippen LogP contribution in [0.5, 0.6) is 0 Å². The second kappa shape index (κ2) is 31.8. The number of imide groups is 1. The number of nitrogens with zero attached hydrogens (tertiary/aromatic N) is 1. The third-order valence-electron chi connectivity index (χ3n) is 21.6. The van der Waals surface area contributed by atoms with Crippen LogP contribution in [0.25, 0.3) is 0 Å². The SMILES string of the molecule is C=C1C[C@@H]2CC[C@@]34C[C@H]5OC6C(O[C@H]7CC[C@H](CC(=O)C[C@@H]8[C@@H](OC)[C@@H](C[C@H](O)CNC(=O)[C@H](CCCNC(N)=O)NC(=O)[C@@H](NC(=O)CC9COCC(C(=O)CCCCCN%10C(=O)C=CC%10=O)COC9)C(C)C)O[C@H]8C[C@H]8O[C@@H](CC[C@@H]1O2)C[C@@H](C)C8=C)O[C@@H]7[C@@H]6O3)[C@H]5O4. The molecule has 12 heterocycles. The Morgan fingerprint density at radius 1 is 0.737 bits per heavy atom. The van der Waals surface area contributed by atoms with E-state index >= 15 is 0 Å². The molecule has 2 unspecified atom stereocenters. The van der Waals surface area contributed by atoms with E-state index in [9.17, 15) is 43.5 Å². The maximum absolute atomic E-state index is 14.6. The lowest BCUT2D eigenvalue weighted by Crippen LogP contribution is -2.61. The molecular weight excluding hydrogens is 1230 g/mol. The van der Waals surface area contributed by atoms with Crippen molar-refractivity contribution in [3.05, 3.63) is 36.5 Å². The highest BCUT2D eigenvalue weighted by molar-refractivity contribution is 6.12. The maximum atomic E-state index is 14.6. The number of rotatable bonds is 23. The number of Topliss-reactive ketones (excluding diaryl/α,β-unsaturated/α-hetero) is 2. The average molecular weight is 1340 g/mol. The van der Waals surface area contributed by atoms with Crippen LogP contribution in [-0.4, -0.2) is 226 Å². The van der Waals surface area contributed by atoms with E-state index in [1.54, 1.807) is 21.0 Å². The van der Waals surface area contributed by atoms with E-state index in [4.69, 9.17) is 57.8 Å². The summed E-state index contributed by atoms with van der Waals surface area (Å²) in [5.41, 5.74) is 7.35. The zero-order valence-corrected chi connectivity index (χ0v) is 55.7. The first-order valence-corrected chi connectivity index (χ1v) is 35.1. The average Bonchev–Trinajstić information content (AvgIpc) is 1.57. The monoisotopic (exact) mass is 1330 g/mol. The lowest BCUT2D eigenvalue weighted by molar-refractivity contribution is -0.292. The lowest BCUT2D eigenvalue weighted by atomic mass is 9.81. The molecule has 7 amide bonds. The largest absolute Gasteiger partial charge is 0.391 e. The minimum atomic E-state index is -1.18. The molecule has 0 aromatic heterocycles. The van der Waals surface area contributed by atoms with Gasteiger partial charge in [0.15, 0.2) is 5.79 Å². The number of ketones is 2. The number of methoxy groups -OCH3 is 1. The predicted octanol–water partition coefficient (Wildman–Crippen LogP) is 3.39. The number of aliphatic hydroxyl groups is 1. The summed E-state index contributed by atoms with van der Waals surface area (Å²) in [5.74, 6) is -4.88. The fourth-order valence-corrected chi connectivity index (χ4v) is 16.4. The van der Waals surface area contributed by atoms with Crippen LogP contribution in [0.4, 0.5) is 4.79 Å². The van der Waals surface area contributed by atoms with Crippen LogP contribution in [0.2, 0.25) is 0 Å². The fraction of sp³-hybridized carbons (Fsp3) is 0.797. The number of unbranched alkanes of at least 4 members (excludes halogenated alkanes) is 2. The van der Waals surface area contributed by atoms with E-state index in [1.807, 2.05) is 0 Å². The van der Waals surface area contributed by atoms with Crippen molar-refractivity contribution in [2.24, 2.45) is 35.3 Å². The van der Waals surface area contributed by atoms with Crippen molar-refractivity contribution in [3.8, 4) is 0 Å². The third-order valence-corrected chi connectivity index (χ3v) is 21.6. The van der Waals surface area contributed by atoms with Gasteiger partial charge >= 0.3 is 6.03 Å². The molecule has 11 fully saturated rings. The normalized spacial score (nSPS) is 38.0. The van der Waals surface area contributed by atoms with E-state index in [0.29, 0.717) is 64.3 Å². The van der Waals surface area contributed by atoms with Gasteiger partial charge in [-0.25, -0.2) is 4.79 Å². The van der Waals surface area contributed by atoms with Gasteiger partial charge in [-0.15, -0.1) is 0 Å². The Labute approximate surface area is 556 Å². The molecule has 26 nitrogen and oxygen atoms in total. The van der Waals surface area contributed by atoms with Gasteiger partial charge in [0.05, 0.1) is 99.5 Å². The van der Waals surface area contributed by atoms with Gasteiger partial charge in [-0.1, -0.05) is 40.3 Å². The van der Waals surface area contributed by atoms with Crippen LogP contribution in [0.15, 0.2) is 36.5 Å². The quantitative estimate of drug-likeness (QED) is 0.0485. The minimum Gasteiger partial charge on any atom is -0.391 e. The van der Waals surface area contributed by atoms with Gasteiger partial charge in [0, 0.05) is 102 Å². The molecule has 12 aliphatic heterocycles. The molecule has 0 aromatic carbocycles. The van der Waals surface area contributed by atoms with Crippen molar-refractivity contribution in [3.63, 3.8) is 0 Å². The Morgan fingerprint density at radius 2 is 1.45 bits per heavy atom. The molecule has 95 heavy (non-hydrogen) atoms. The molecule has 7 N–H and O–H groups in total. The predicted molar refractivity (Wildman–Crippen MR) is 338 cm³/mol. The molecule has 21 atom stereocenters. The molecule has 12 bridgehead atoms. The van der Waals surface area contributed by atoms with E-state index in [-0.39, 0.29) is 162 Å². The zero-order valence-electron chi connectivity index (χ0n) is 55.7. The van der Waals surface area contributed by atoms with Gasteiger partial charge in [0.2, 0.25) is 17.7 Å². The molecule has 1 spiro atoms. The van der Waals surface area contributed by atoms with Crippen LogP contribution in [-0.2, 0) is 85.7 Å². The van der Waals surface area contributed by atoms with E-state index < -0.39 is 108 Å². The first kappa shape index (κ1) is 71.2. The molecule has 0 aliphatic carbocycles. The number of hydrogen-bond donors (Lipinski definition) is 6. The summed E-state index contributed by atoms with van der Waals surface area (Å²) >= 11 is 0. The molecule has 0 saturated carbocycles. The first-order valence-electron chi connectivity index (χ1n) is 35.1. The highest BCUT2D eigenvalue weighted by Crippen LogP contribution is 2.54. The number of amides is 7. The Morgan fingerprint density at radius 3 is 2.20 bits per heavy atom. The number of ether oxygens (including phenoxy) is 11. The Balaban J connectivity index is 0.700. The number of nitrogens with one attached hydrogen (secondary N) is 4. The number of hydrogen-bond acceptors (Lipinski definition) is 20. The number of carbonyl (C=O) groups excluding carboxylic acids is 8. The molecule has 11 saturated heterocycles. The molecule has 26 heteroatoms. The van der Waals surface area contributed by atoms with Gasteiger partial charge in [-0.3, -0.25) is 38.5 Å². The van der Waals surface area contributed by atoms with Crippen molar-refractivity contribution >= 4 is 47.1 Å². The summed E-state index contributed by atoms with van der Waals surface area (Å²) in [5, 5.41) is 22.8. The summed E-state index contributed by atoms with van der Waals surface area (Å²) in [6.07, 6.45) is 5.48. The second-order valence-corrected chi connectivity index (χ2v) is 29.0. The highest BCUT2D eigenvalue weighted by atomic mass is 16.8. The topological polar surface area (TPSA) is 336 Å². The second-order valence-electron chi connectivity index (χ2n) is 29.0. The summed E-state index contributed by atoms with van der Waals surface area (Å²) in [6, 6.07) is -2.99. The van der Waals surface area contributed by atoms with Crippen molar-refractivity contribution in [2.75, 3.05) is 53.2 Å². The van der Waals surface area contributed by atoms with Crippen molar-refractivity contribution < 1.29 is 95.6 Å². The summed E-state index contributed by atoms with van der Waals surface area (Å²) in [4.78, 5) is 106. The van der Waals surface area contributed by atoms with Crippen LogP contribution in [0.1, 0.15) is 149 Å². The van der Waals surface area contributed by atoms with E-state index in [0.717, 1.165) is 43.3 Å². The van der Waals surface area contributed by atoms with Crippen molar-refractivity contribution in [2.45, 2.75) is 265 Å². The number of primary amides is 1. The van der Waals surface area contributed by atoms with Crippen LogP contribution < -0.4 is 27.0 Å². The van der Waals surface area contributed by atoms with Gasteiger partial charge in [0.1, 0.15) is 54.2 Å². The van der Waals surface area contributed by atoms with E-state index in [2.05, 4.69) is 41.3 Å². The zero-order chi connectivity index (χ0) is 67.2. The van der Waals surface area contributed by atoms with Crippen LogP contribution in [0, 0.1) is 29.6 Å². The summed E-state index contributed by atoms with van der Waals surface area (Å²) in [7, 11) is 1.57. The van der Waals surface area contributed by atoms with Gasteiger partial charge in [-0.2, -0.15) is 0 Å². The van der Waals surface area contributed by atoms with Gasteiger partial charge < -0.3 is 84.2 Å². The van der Waals surface area contributed by atoms with E-state index in [1.165, 1.54) is 17.1 Å². The number of urea groups is 1. The van der Waals surface area contributed by atoms with Crippen LogP contribution >= 0.6 is 0 Å². The minimum absolute atomic E-state index is 0.0105. The van der Waals surface area contributed by atoms with Crippen molar-refractivity contribution in [1.29, 1.82) is 0 Å². The van der Waals surface area contributed by atoms with Crippen LogP contribution in [0.3, 0.4) is 0 Å². The van der Waals surface area contributed by atoms with Gasteiger partial charge in [0.25, 0.3) is 11.8 Å².